The molecule has 1 N–H and O–H groups in total. The molecular weight excluding hydrogens is 509 g/mol. The van der Waals surface area contributed by atoms with Gasteiger partial charge in [-0.15, -0.1) is 0 Å². The van der Waals surface area contributed by atoms with Crippen molar-refractivity contribution < 1.29 is 0 Å². The summed E-state index contributed by atoms with van der Waals surface area (Å²) in [6.07, 6.45) is 7.84. The first-order valence-corrected chi connectivity index (χ1v) is 13.0. The highest BCUT2D eigenvalue weighted by Gasteiger charge is 2.37. The molecule has 0 aliphatic carbocycles. The van der Waals surface area contributed by atoms with Gasteiger partial charge in [-0.3, -0.25) is 4.90 Å². The predicted molar refractivity (Wildman–Crippen MR) is 143 cm³/mol. The molecule has 0 radical (unpaired) electrons. The molecule has 3 aromatic heterocycles. The van der Waals surface area contributed by atoms with E-state index in [2.05, 4.69) is 42.5 Å². The molecular formula is C26H25Cl2N9. The zero-order chi connectivity index (χ0) is 25.5. The fourth-order valence-electron chi connectivity index (χ4n) is 5.36. The normalized spacial score (nSPS) is 18.6. The average molecular weight is 534 g/mol. The number of nitrogens with one attached hydrogen (secondary N) is 1. The first-order chi connectivity index (χ1) is 18.0. The van der Waals surface area contributed by atoms with Crippen molar-refractivity contribution in [2.24, 2.45) is 11.8 Å². The molecule has 0 saturated carbocycles. The number of aromatic nitrogens is 6. The van der Waals surface area contributed by atoms with E-state index in [1.54, 1.807) is 35.4 Å². The Labute approximate surface area is 224 Å². The van der Waals surface area contributed by atoms with Gasteiger partial charge in [0.2, 0.25) is 0 Å². The molecule has 11 heteroatoms. The highest BCUT2D eigenvalue weighted by atomic mass is 35.5. The lowest BCUT2D eigenvalue weighted by Gasteiger charge is -2.47. The Balaban J connectivity index is 1.20. The lowest BCUT2D eigenvalue weighted by molar-refractivity contribution is 0.113. The van der Waals surface area contributed by atoms with E-state index in [4.69, 9.17) is 28.2 Å². The molecule has 1 atom stereocenters. The summed E-state index contributed by atoms with van der Waals surface area (Å²) in [5.74, 6) is 2.05. The quantitative estimate of drug-likeness (QED) is 0.386. The summed E-state index contributed by atoms with van der Waals surface area (Å²) in [7, 11) is 0. The van der Waals surface area contributed by atoms with Gasteiger partial charge in [0.1, 0.15) is 17.4 Å². The van der Waals surface area contributed by atoms with Gasteiger partial charge >= 0.3 is 0 Å². The standard InChI is InChI=1S/C26H25Cl2N9/c1-16(21-5-4-19(27)7-22(21)28)37-26-25(23(8-29)34-37)31-10-24(33-26)36-12-18(13-36)17-3-2-6-35(11-17)14-20-9-30-15-32-20/h4-5,7,9-10,15,17-18H,1-3,6,11-14H2,(H,30,32)/t17-/m0/s1. The predicted octanol–water partition coefficient (Wildman–Crippen LogP) is 4.60. The Bertz CT molecular complexity index is 1500. The molecule has 0 amide bonds. The lowest BCUT2D eigenvalue weighted by atomic mass is 9.80. The smallest absolute Gasteiger partial charge is 0.190 e. The maximum atomic E-state index is 9.62. The lowest BCUT2D eigenvalue weighted by Crippen LogP contribution is -2.53. The van der Waals surface area contributed by atoms with Crippen LogP contribution in [0.4, 0.5) is 5.82 Å². The van der Waals surface area contributed by atoms with Crippen LogP contribution in [0.3, 0.4) is 0 Å². The number of aromatic amines is 1. The van der Waals surface area contributed by atoms with Gasteiger partial charge in [-0.25, -0.2) is 19.6 Å². The van der Waals surface area contributed by atoms with Crippen LogP contribution in [0, 0.1) is 23.2 Å². The molecule has 2 fully saturated rings. The molecule has 2 saturated heterocycles. The fraction of sp³-hybridized carbons (Fsp3) is 0.346. The number of hydrogen-bond donors (Lipinski definition) is 1. The Kier molecular flexibility index (Phi) is 6.32. The third kappa shape index (κ3) is 4.57. The number of nitriles is 1. The van der Waals surface area contributed by atoms with E-state index in [1.807, 2.05) is 6.20 Å². The van der Waals surface area contributed by atoms with Crippen LogP contribution in [-0.2, 0) is 6.54 Å². The molecule has 188 valence electrons. The molecule has 2 aliphatic rings. The van der Waals surface area contributed by atoms with Crippen molar-refractivity contribution in [2.75, 3.05) is 31.1 Å². The van der Waals surface area contributed by atoms with Gasteiger partial charge in [-0.1, -0.05) is 29.8 Å². The molecule has 5 heterocycles. The highest BCUT2D eigenvalue weighted by molar-refractivity contribution is 6.35. The van der Waals surface area contributed by atoms with Crippen molar-refractivity contribution in [3.05, 3.63) is 70.5 Å². The minimum absolute atomic E-state index is 0.196. The first kappa shape index (κ1) is 23.9. The van der Waals surface area contributed by atoms with E-state index in [9.17, 15) is 5.26 Å². The number of rotatable bonds is 6. The van der Waals surface area contributed by atoms with Crippen molar-refractivity contribution in [1.82, 2.24) is 34.6 Å². The Morgan fingerprint density at radius 3 is 2.81 bits per heavy atom. The number of likely N-dealkylation sites (tertiary alicyclic amines) is 1. The van der Waals surface area contributed by atoms with Gasteiger partial charge in [-0.05, 0) is 49.4 Å². The summed E-state index contributed by atoms with van der Waals surface area (Å²) in [6, 6.07) is 7.29. The minimum Gasteiger partial charge on any atom is -0.355 e. The Hall–Kier alpha value is -3.45. The van der Waals surface area contributed by atoms with Crippen LogP contribution >= 0.6 is 23.2 Å². The van der Waals surface area contributed by atoms with E-state index in [-0.39, 0.29) is 5.69 Å². The molecule has 0 bridgehead atoms. The largest absolute Gasteiger partial charge is 0.355 e. The molecule has 0 spiro atoms. The SMILES string of the molecule is C=C(c1ccc(Cl)cc1Cl)n1nc(C#N)c2ncc(N3CC([C@H]4CCCN(Cc5cnc[nH]5)C4)C3)nc21. The summed E-state index contributed by atoms with van der Waals surface area (Å²) in [5.41, 5.74) is 3.44. The van der Waals surface area contributed by atoms with Gasteiger partial charge in [-0.2, -0.15) is 10.4 Å². The molecule has 6 rings (SSSR count). The highest BCUT2D eigenvalue weighted by Crippen LogP contribution is 2.35. The van der Waals surface area contributed by atoms with E-state index in [0.717, 1.165) is 44.2 Å². The van der Waals surface area contributed by atoms with Crippen LogP contribution in [-0.4, -0.2) is 60.8 Å². The molecule has 9 nitrogen and oxygen atoms in total. The Morgan fingerprint density at radius 2 is 2.05 bits per heavy atom. The summed E-state index contributed by atoms with van der Waals surface area (Å²) < 4.78 is 1.55. The summed E-state index contributed by atoms with van der Waals surface area (Å²) in [5, 5.41) is 15.0. The maximum Gasteiger partial charge on any atom is 0.190 e. The second kappa shape index (κ2) is 9.78. The number of hydrogen-bond acceptors (Lipinski definition) is 7. The van der Waals surface area contributed by atoms with Crippen LogP contribution in [0.15, 0.2) is 43.5 Å². The van der Waals surface area contributed by atoms with Crippen LogP contribution in [0.5, 0.6) is 0 Å². The van der Waals surface area contributed by atoms with Crippen molar-refractivity contribution in [3.8, 4) is 6.07 Å². The monoisotopic (exact) mass is 533 g/mol. The zero-order valence-electron chi connectivity index (χ0n) is 20.1. The van der Waals surface area contributed by atoms with E-state index >= 15 is 0 Å². The number of imidazole rings is 1. The zero-order valence-corrected chi connectivity index (χ0v) is 21.6. The van der Waals surface area contributed by atoms with Gasteiger partial charge in [0.05, 0.1) is 23.2 Å². The number of nitrogens with zero attached hydrogens (tertiary/aromatic N) is 8. The Morgan fingerprint density at radius 1 is 1.19 bits per heavy atom. The third-order valence-electron chi connectivity index (χ3n) is 7.36. The fourth-order valence-corrected chi connectivity index (χ4v) is 5.88. The van der Waals surface area contributed by atoms with Crippen LogP contribution < -0.4 is 4.90 Å². The second-order valence-corrected chi connectivity index (χ2v) is 10.6. The van der Waals surface area contributed by atoms with Gasteiger partial charge < -0.3 is 9.88 Å². The number of anilines is 1. The number of piperidine rings is 1. The molecule has 0 unspecified atom stereocenters. The van der Waals surface area contributed by atoms with Crippen molar-refractivity contribution in [1.29, 1.82) is 5.26 Å². The van der Waals surface area contributed by atoms with Crippen molar-refractivity contribution in [3.63, 3.8) is 0 Å². The van der Waals surface area contributed by atoms with Gasteiger partial charge in [0, 0.05) is 48.7 Å². The van der Waals surface area contributed by atoms with Crippen LogP contribution in [0.2, 0.25) is 10.0 Å². The van der Waals surface area contributed by atoms with Crippen LogP contribution in [0.25, 0.3) is 16.9 Å². The molecule has 1 aromatic carbocycles. The van der Waals surface area contributed by atoms with E-state index in [0.29, 0.717) is 44.3 Å². The molecule has 2 aliphatic heterocycles. The van der Waals surface area contributed by atoms with Gasteiger partial charge in [0.15, 0.2) is 11.3 Å². The summed E-state index contributed by atoms with van der Waals surface area (Å²) >= 11 is 12.5. The minimum atomic E-state index is 0.196. The number of fused-ring (bicyclic) bond motifs is 1. The second-order valence-electron chi connectivity index (χ2n) is 9.72. The maximum absolute atomic E-state index is 9.62. The number of halogens is 2. The van der Waals surface area contributed by atoms with E-state index in [1.165, 1.54) is 12.8 Å². The van der Waals surface area contributed by atoms with Crippen LogP contribution in [0.1, 0.15) is 29.8 Å². The van der Waals surface area contributed by atoms with E-state index < -0.39 is 0 Å². The third-order valence-corrected chi connectivity index (χ3v) is 7.91. The molecule has 37 heavy (non-hydrogen) atoms. The number of benzene rings is 1. The molecule has 4 aromatic rings. The first-order valence-electron chi connectivity index (χ1n) is 12.3. The van der Waals surface area contributed by atoms with Crippen molar-refractivity contribution >= 4 is 45.9 Å². The summed E-state index contributed by atoms with van der Waals surface area (Å²) in [6.45, 7) is 9.19. The van der Waals surface area contributed by atoms with Gasteiger partial charge in [0.25, 0.3) is 0 Å². The van der Waals surface area contributed by atoms with Crippen molar-refractivity contribution in [2.45, 2.75) is 19.4 Å². The topological polar surface area (TPSA) is 103 Å². The summed E-state index contributed by atoms with van der Waals surface area (Å²) in [4.78, 5) is 21.5. The number of H-pyrrole nitrogens is 1. The average Bonchev–Trinajstić information content (AvgIpc) is 3.50.